The lowest BCUT2D eigenvalue weighted by molar-refractivity contribution is -0.903. The van der Waals surface area contributed by atoms with E-state index in [1.165, 1.54) is 10.5 Å². The van der Waals surface area contributed by atoms with E-state index in [0.29, 0.717) is 23.0 Å². The average Bonchev–Trinajstić information content (AvgIpc) is 2.67. The molecule has 0 unspecified atom stereocenters. The lowest BCUT2D eigenvalue weighted by atomic mass is 10.1. The average molecular weight is 396 g/mol. The Labute approximate surface area is 160 Å². The minimum absolute atomic E-state index is 0.309. The van der Waals surface area contributed by atoms with Crippen LogP contribution >= 0.6 is 11.6 Å². The monoisotopic (exact) mass is 395 g/mol. The van der Waals surface area contributed by atoms with E-state index >= 15 is 0 Å². The number of halogens is 1. The molecule has 2 aromatic rings. The third-order valence-corrected chi connectivity index (χ3v) is 6.97. The fourth-order valence-corrected chi connectivity index (χ4v) is 4.73. The third kappa shape index (κ3) is 4.57. The molecular weight excluding hydrogens is 372 g/mol. The third-order valence-electron chi connectivity index (χ3n) is 4.81. The molecule has 7 heteroatoms. The molecule has 1 heterocycles. The minimum Gasteiger partial charge on any atom is -0.497 e. The zero-order valence-corrected chi connectivity index (χ0v) is 16.4. The number of piperazine rings is 1. The Hall–Kier alpha value is -1.60. The molecule has 0 spiro atoms. The van der Waals surface area contributed by atoms with Crippen LogP contribution in [0.15, 0.2) is 53.4 Å². The van der Waals surface area contributed by atoms with Gasteiger partial charge in [-0.25, -0.2) is 8.42 Å². The van der Waals surface area contributed by atoms with Gasteiger partial charge in [0, 0.05) is 11.4 Å². The molecule has 26 heavy (non-hydrogen) atoms. The molecule has 1 saturated heterocycles. The quantitative estimate of drug-likeness (QED) is 0.806. The number of benzene rings is 2. The zero-order valence-electron chi connectivity index (χ0n) is 14.8. The van der Waals surface area contributed by atoms with Crippen LogP contribution in [-0.4, -0.2) is 52.6 Å². The summed E-state index contributed by atoms with van der Waals surface area (Å²) < 4.78 is 32.2. The summed E-state index contributed by atoms with van der Waals surface area (Å²) in [6.45, 7) is 3.74. The Morgan fingerprint density at radius 2 is 1.65 bits per heavy atom. The number of sulfonamides is 1. The molecule has 1 aliphatic rings. The molecule has 2 aromatic carbocycles. The standard InChI is InChI=1S/C19H23ClN2O3S/c1-25-18-6-2-16(3-7-18)10-11-21-12-14-22(15-13-21)26(23,24)19-8-4-17(20)5-9-19/h2-9H,10-15H2,1H3/p+1. The first kappa shape index (κ1) is 19.2. The maximum absolute atomic E-state index is 12.7. The van der Waals surface area contributed by atoms with E-state index < -0.39 is 10.0 Å². The van der Waals surface area contributed by atoms with Gasteiger partial charge in [0.15, 0.2) is 0 Å². The van der Waals surface area contributed by atoms with Crippen molar-refractivity contribution in [3.05, 3.63) is 59.1 Å². The number of quaternary nitrogens is 1. The van der Waals surface area contributed by atoms with Gasteiger partial charge in [-0.2, -0.15) is 4.31 Å². The second kappa shape index (κ2) is 8.39. The number of methoxy groups -OCH3 is 1. The summed E-state index contributed by atoms with van der Waals surface area (Å²) in [5.41, 5.74) is 1.27. The summed E-state index contributed by atoms with van der Waals surface area (Å²) in [6, 6.07) is 14.5. The number of ether oxygens (including phenoxy) is 1. The summed E-state index contributed by atoms with van der Waals surface area (Å²) in [5.74, 6) is 0.863. The van der Waals surface area contributed by atoms with E-state index in [4.69, 9.17) is 16.3 Å². The molecule has 5 nitrogen and oxygen atoms in total. The van der Waals surface area contributed by atoms with Gasteiger partial charge >= 0.3 is 0 Å². The normalized spacial score (nSPS) is 16.5. The van der Waals surface area contributed by atoms with Crippen LogP contribution in [-0.2, 0) is 16.4 Å². The van der Waals surface area contributed by atoms with E-state index in [1.807, 2.05) is 12.1 Å². The van der Waals surface area contributed by atoms with Gasteiger partial charge in [0.1, 0.15) is 5.75 Å². The van der Waals surface area contributed by atoms with Gasteiger partial charge in [-0.15, -0.1) is 0 Å². The van der Waals surface area contributed by atoms with Crippen LogP contribution in [0.25, 0.3) is 0 Å². The first-order chi connectivity index (χ1) is 12.5. The molecule has 1 fully saturated rings. The maximum atomic E-state index is 12.7. The van der Waals surface area contributed by atoms with Crippen molar-refractivity contribution in [1.82, 2.24) is 4.31 Å². The SMILES string of the molecule is COc1ccc(CC[NH+]2CCN(S(=O)(=O)c3ccc(Cl)cc3)CC2)cc1. The molecule has 0 radical (unpaired) electrons. The molecule has 0 aliphatic carbocycles. The Morgan fingerprint density at radius 1 is 1.04 bits per heavy atom. The highest BCUT2D eigenvalue weighted by Crippen LogP contribution is 2.18. The van der Waals surface area contributed by atoms with E-state index in [9.17, 15) is 8.42 Å². The van der Waals surface area contributed by atoms with Crippen LogP contribution in [0.3, 0.4) is 0 Å². The fraction of sp³-hybridized carbons (Fsp3) is 0.368. The first-order valence-corrected chi connectivity index (χ1v) is 10.5. The van der Waals surface area contributed by atoms with Crippen molar-refractivity contribution in [2.45, 2.75) is 11.3 Å². The number of nitrogens with one attached hydrogen (secondary N) is 1. The van der Waals surface area contributed by atoms with Gasteiger partial charge in [0.05, 0.1) is 44.7 Å². The Balaban J connectivity index is 1.52. The number of nitrogens with zero attached hydrogens (tertiary/aromatic N) is 1. The van der Waals surface area contributed by atoms with Crippen molar-refractivity contribution in [2.24, 2.45) is 0 Å². The number of hydrogen-bond donors (Lipinski definition) is 1. The summed E-state index contributed by atoms with van der Waals surface area (Å²) in [6.07, 6.45) is 0.975. The van der Waals surface area contributed by atoms with Crippen molar-refractivity contribution in [3.63, 3.8) is 0 Å². The predicted molar refractivity (Wildman–Crippen MR) is 102 cm³/mol. The maximum Gasteiger partial charge on any atom is 0.243 e. The molecule has 0 amide bonds. The molecule has 0 saturated carbocycles. The van der Waals surface area contributed by atoms with Crippen LogP contribution in [0.1, 0.15) is 5.56 Å². The van der Waals surface area contributed by atoms with Crippen LogP contribution in [0.4, 0.5) is 0 Å². The van der Waals surface area contributed by atoms with Gasteiger partial charge < -0.3 is 9.64 Å². The summed E-state index contributed by atoms with van der Waals surface area (Å²) in [5, 5.41) is 0.539. The van der Waals surface area contributed by atoms with Gasteiger partial charge in [0.2, 0.25) is 10.0 Å². The molecule has 3 rings (SSSR count). The zero-order chi connectivity index (χ0) is 18.6. The number of hydrogen-bond acceptors (Lipinski definition) is 3. The Bertz CT molecular complexity index is 815. The van der Waals surface area contributed by atoms with Crippen molar-refractivity contribution >= 4 is 21.6 Å². The second-order valence-corrected chi connectivity index (χ2v) is 8.83. The second-order valence-electron chi connectivity index (χ2n) is 6.46. The molecule has 0 atom stereocenters. The largest absolute Gasteiger partial charge is 0.497 e. The van der Waals surface area contributed by atoms with Crippen molar-refractivity contribution in [1.29, 1.82) is 0 Å². The predicted octanol–water partition coefficient (Wildman–Crippen LogP) is 1.48. The minimum atomic E-state index is -3.43. The van der Waals surface area contributed by atoms with Crippen molar-refractivity contribution in [3.8, 4) is 5.75 Å². The molecule has 1 N–H and O–H groups in total. The van der Waals surface area contributed by atoms with Crippen LogP contribution in [0.2, 0.25) is 5.02 Å². The Morgan fingerprint density at radius 3 is 2.23 bits per heavy atom. The molecule has 0 bridgehead atoms. The van der Waals surface area contributed by atoms with Crippen LogP contribution in [0, 0.1) is 0 Å². The van der Waals surface area contributed by atoms with Crippen molar-refractivity contribution < 1.29 is 18.1 Å². The van der Waals surface area contributed by atoms with Crippen LogP contribution < -0.4 is 9.64 Å². The molecule has 0 aromatic heterocycles. The lowest BCUT2D eigenvalue weighted by Gasteiger charge is -2.31. The van der Waals surface area contributed by atoms with Gasteiger partial charge in [-0.3, -0.25) is 0 Å². The summed E-state index contributed by atoms with van der Waals surface area (Å²) in [7, 11) is -1.77. The fourth-order valence-electron chi connectivity index (χ4n) is 3.16. The summed E-state index contributed by atoms with van der Waals surface area (Å²) >= 11 is 5.85. The first-order valence-electron chi connectivity index (χ1n) is 8.71. The van der Waals surface area contributed by atoms with E-state index in [1.54, 1.807) is 35.7 Å². The highest BCUT2D eigenvalue weighted by Gasteiger charge is 2.30. The smallest absolute Gasteiger partial charge is 0.243 e. The molecule has 140 valence electrons. The highest BCUT2D eigenvalue weighted by molar-refractivity contribution is 7.89. The van der Waals surface area contributed by atoms with Gasteiger partial charge in [-0.1, -0.05) is 23.7 Å². The summed E-state index contributed by atoms with van der Waals surface area (Å²) in [4.78, 5) is 1.74. The molecule has 1 aliphatic heterocycles. The number of rotatable bonds is 6. The highest BCUT2D eigenvalue weighted by atomic mass is 35.5. The van der Waals surface area contributed by atoms with E-state index in [0.717, 1.165) is 31.8 Å². The van der Waals surface area contributed by atoms with Crippen LogP contribution in [0.5, 0.6) is 5.75 Å². The lowest BCUT2D eigenvalue weighted by Crippen LogP contribution is -3.15. The van der Waals surface area contributed by atoms with E-state index in [-0.39, 0.29) is 0 Å². The Kier molecular flexibility index (Phi) is 6.19. The topological polar surface area (TPSA) is 51.1 Å². The van der Waals surface area contributed by atoms with Gasteiger partial charge in [0.25, 0.3) is 0 Å². The van der Waals surface area contributed by atoms with Gasteiger partial charge in [-0.05, 0) is 42.0 Å². The van der Waals surface area contributed by atoms with E-state index in [2.05, 4.69) is 12.1 Å². The molecular formula is C19H24ClN2O3S+. The van der Waals surface area contributed by atoms with Crippen molar-refractivity contribution in [2.75, 3.05) is 39.8 Å².